The van der Waals surface area contributed by atoms with Gasteiger partial charge in [0, 0.05) is 4.88 Å². The van der Waals surface area contributed by atoms with E-state index in [1.807, 2.05) is 6.92 Å². The van der Waals surface area contributed by atoms with Crippen LogP contribution in [-0.2, 0) is 26.5 Å². The molecule has 2 aromatic rings. The number of ketones is 1. The number of hydrogen-bond acceptors (Lipinski definition) is 5. The lowest BCUT2D eigenvalue weighted by atomic mass is 9.93. The Kier molecular flexibility index (Phi) is 5.51. The van der Waals surface area contributed by atoms with E-state index in [0.29, 0.717) is 10.6 Å². The van der Waals surface area contributed by atoms with Crippen molar-refractivity contribution in [2.24, 2.45) is 0 Å². The van der Waals surface area contributed by atoms with Crippen molar-refractivity contribution in [2.75, 3.05) is 0 Å². The number of sulfone groups is 1. The molecule has 26 heavy (non-hydrogen) atoms. The molecule has 142 valence electrons. The molecule has 0 aliphatic heterocycles. The molecule has 4 nitrogen and oxygen atoms in total. The van der Waals surface area contributed by atoms with Gasteiger partial charge in [-0.25, -0.2) is 13.4 Å². The second-order valence-corrected chi connectivity index (χ2v) is 11.7. The van der Waals surface area contributed by atoms with Crippen molar-refractivity contribution < 1.29 is 13.2 Å². The van der Waals surface area contributed by atoms with Gasteiger partial charge in [0.15, 0.2) is 15.6 Å². The fraction of sp³-hybridized carbons (Fsp3) is 0.500. The molecule has 1 aromatic heterocycles. The van der Waals surface area contributed by atoms with Gasteiger partial charge < -0.3 is 0 Å². The summed E-state index contributed by atoms with van der Waals surface area (Å²) in [5.41, 5.74) is 1.50. The third kappa shape index (κ3) is 3.76. The number of carbonyl (C=O) groups is 1. The Balaban J connectivity index is 2.36. The Morgan fingerprint density at radius 3 is 2.15 bits per heavy atom. The molecule has 0 aliphatic carbocycles. The number of nitrogens with zero attached hydrogens (tertiary/aromatic N) is 1. The van der Waals surface area contributed by atoms with Gasteiger partial charge in [-0.3, -0.25) is 4.79 Å². The molecule has 0 aliphatic rings. The van der Waals surface area contributed by atoms with Gasteiger partial charge in [-0.15, -0.1) is 11.3 Å². The van der Waals surface area contributed by atoms with E-state index in [2.05, 4.69) is 25.8 Å². The third-order valence-corrected chi connectivity index (χ3v) is 8.75. The highest BCUT2D eigenvalue weighted by atomic mass is 32.2. The smallest absolute Gasteiger partial charge is 0.190 e. The first-order chi connectivity index (χ1) is 11.8. The maximum Gasteiger partial charge on any atom is 0.190 e. The topological polar surface area (TPSA) is 64.1 Å². The quantitative estimate of drug-likeness (QED) is 0.754. The molecule has 0 spiro atoms. The molecule has 0 atom stereocenters. The summed E-state index contributed by atoms with van der Waals surface area (Å²) in [5.74, 6) is -0.338. The summed E-state index contributed by atoms with van der Waals surface area (Å²) in [6, 6.07) is 6.77. The molecular weight excluding hydrogens is 366 g/mol. The molecule has 0 unspecified atom stereocenters. The standard InChI is InChI=1S/C20H27NO3S2/c1-13-10-8-9-11-15(13)26(23,24)20(6,7)16(22)12-17-21-14(2)18(25-17)19(3,4)5/h8-11H,12H2,1-7H3. The minimum absolute atomic E-state index is 0.0275. The predicted octanol–water partition coefficient (Wildman–Crippen LogP) is 4.42. The average Bonchev–Trinajstić information content (AvgIpc) is 2.88. The lowest BCUT2D eigenvalue weighted by Crippen LogP contribution is -2.42. The van der Waals surface area contributed by atoms with E-state index in [0.717, 1.165) is 10.6 Å². The van der Waals surface area contributed by atoms with Crippen LogP contribution in [0.4, 0.5) is 0 Å². The van der Waals surface area contributed by atoms with Crippen molar-refractivity contribution in [1.29, 1.82) is 0 Å². The highest BCUT2D eigenvalue weighted by molar-refractivity contribution is 7.93. The first kappa shape index (κ1) is 20.8. The van der Waals surface area contributed by atoms with Gasteiger partial charge in [0.05, 0.1) is 17.0 Å². The van der Waals surface area contributed by atoms with E-state index in [-0.39, 0.29) is 22.5 Å². The maximum absolute atomic E-state index is 13.1. The van der Waals surface area contributed by atoms with Crippen molar-refractivity contribution in [3.05, 3.63) is 45.4 Å². The first-order valence-corrected chi connectivity index (χ1v) is 10.9. The summed E-state index contributed by atoms with van der Waals surface area (Å²) in [6.45, 7) is 13.0. The molecule has 1 aromatic carbocycles. The Labute approximate surface area is 160 Å². The normalized spacial score (nSPS) is 13.0. The number of thiazole rings is 1. The molecule has 0 saturated carbocycles. The molecule has 0 saturated heterocycles. The third-order valence-electron chi connectivity index (χ3n) is 4.56. The Bertz CT molecular complexity index is 932. The van der Waals surface area contributed by atoms with Crippen LogP contribution in [0.25, 0.3) is 0 Å². The number of aryl methyl sites for hydroxylation is 2. The lowest BCUT2D eigenvalue weighted by molar-refractivity contribution is -0.120. The SMILES string of the molecule is Cc1ccccc1S(=O)(=O)C(C)(C)C(=O)Cc1nc(C)c(C(C)(C)C)s1. The van der Waals surface area contributed by atoms with Crippen LogP contribution < -0.4 is 0 Å². The highest BCUT2D eigenvalue weighted by Crippen LogP contribution is 2.33. The van der Waals surface area contributed by atoms with Crippen LogP contribution in [0.5, 0.6) is 0 Å². The van der Waals surface area contributed by atoms with Crippen molar-refractivity contribution >= 4 is 27.0 Å². The van der Waals surface area contributed by atoms with Gasteiger partial charge in [0.25, 0.3) is 0 Å². The largest absolute Gasteiger partial charge is 0.297 e. The van der Waals surface area contributed by atoms with Crippen LogP contribution in [0.15, 0.2) is 29.2 Å². The van der Waals surface area contributed by atoms with Crippen LogP contribution in [-0.4, -0.2) is 23.9 Å². The Morgan fingerprint density at radius 1 is 1.08 bits per heavy atom. The zero-order valence-corrected chi connectivity index (χ0v) is 18.1. The number of hydrogen-bond donors (Lipinski definition) is 0. The minimum atomic E-state index is -3.79. The van der Waals surface area contributed by atoms with Crippen LogP contribution in [0, 0.1) is 13.8 Å². The molecule has 1 heterocycles. The molecule has 0 N–H and O–H groups in total. The lowest BCUT2D eigenvalue weighted by Gasteiger charge is -2.24. The number of aromatic nitrogens is 1. The summed E-state index contributed by atoms with van der Waals surface area (Å²) in [5, 5.41) is 0.672. The van der Waals surface area contributed by atoms with Crippen LogP contribution >= 0.6 is 11.3 Å². The van der Waals surface area contributed by atoms with Gasteiger partial charge >= 0.3 is 0 Å². The number of rotatable bonds is 5. The molecule has 6 heteroatoms. The monoisotopic (exact) mass is 393 g/mol. The van der Waals surface area contributed by atoms with E-state index in [1.54, 1.807) is 31.2 Å². The minimum Gasteiger partial charge on any atom is -0.297 e. The van der Waals surface area contributed by atoms with E-state index in [4.69, 9.17) is 0 Å². The van der Waals surface area contributed by atoms with Crippen molar-refractivity contribution in [1.82, 2.24) is 4.98 Å². The number of Topliss-reactive ketones (excluding diaryl/α,β-unsaturated/α-hetero) is 1. The summed E-state index contributed by atoms with van der Waals surface area (Å²) in [7, 11) is -3.79. The predicted molar refractivity (Wildman–Crippen MR) is 107 cm³/mol. The summed E-state index contributed by atoms with van der Waals surface area (Å²) < 4.78 is 24.7. The first-order valence-electron chi connectivity index (χ1n) is 8.59. The highest BCUT2D eigenvalue weighted by Gasteiger charge is 2.43. The fourth-order valence-electron chi connectivity index (χ4n) is 2.86. The second kappa shape index (κ2) is 6.89. The molecule has 0 radical (unpaired) electrons. The Morgan fingerprint density at radius 2 is 1.65 bits per heavy atom. The van der Waals surface area contributed by atoms with Gasteiger partial charge in [-0.1, -0.05) is 39.0 Å². The van der Waals surface area contributed by atoms with Crippen LogP contribution in [0.3, 0.4) is 0 Å². The number of carbonyl (C=O) groups excluding carboxylic acids is 1. The van der Waals surface area contributed by atoms with E-state index >= 15 is 0 Å². The Hall–Kier alpha value is -1.53. The van der Waals surface area contributed by atoms with Gasteiger partial charge in [-0.2, -0.15) is 0 Å². The summed E-state index contributed by atoms with van der Waals surface area (Å²) in [4.78, 5) is 18.8. The van der Waals surface area contributed by atoms with Gasteiger partial charge in [0.1, 0.15) is 9.75 Å². The summed E-state index contributed by atoms with van der Waals surface area (Å²) >= 11 is 1.49. The van der Waals surface area contributed by atoms with Crippen LogP contribution in [0.1, 0.15) is 55.8 Å². The van der Waals surface area contributed by atoms with Crippen molar-refractivity contribution in [3.63, 3.8) is 0 Å². The van der Waals surface area contributed by atoms with E-state index in [9.17, 15) is 13.2 Å². The molecule has 2 rings (SSSR count). The van der Waals surface area contributed by atoms with Gasteiger partial charge in [0.2, 0.25) is 0 Å². The number of benzene rings is 1. The van der Waals surface area contributed by atoms with Gasteiger partial charge in [-0.05, 0) is 44.7 Å². The second-order valence-electron chi connectivity index (χ2n) is 8.15. The van der Waals surface area contributed by atoms with Crippen molar-refractivity contribution in [3.8, 4) is 0 Å². The molecular formula is C20H27NO3S2. The maximum atomic E-state index is 13.1. The molecule has 0 bridgehead atoms. The zero-order chi connectivity index (χ0) is 19.9. The molecule has 0 fully saturated rings. The fourth-order valence-corrected chi connectivity index (χ4v) is 5.65. The van der Waals surface area contributed by atoms with Crippen LogP contribution in [0.2, 0.25) is 0 Å². The summed E-state index contributed by atoms with van der Waals surface area (Å²) in [6.07, 6.45) is 0.0275. The molecule has 0 amide bonds. The average molecular weight is 394 g/mol. The zero-order valence-electron chi connectivity index (χ0n) is 16.5. The van der Waals surface area contributed by atoms with E-state index in [1.165, 1.54) is 25.2 Å². The van der Waals surface area contributed by atoms with Crippen molar-refractivity contribution in [2.45, 2.75) is 69.9 Å². The van der Waals surface area contributed by atoms with E-state index < -0.39 is 14.6 Å².